The van der Waals surface area contributed by atoms with Crippen LogP contribution in [0.25, 0.3) is 0 Å². The van der Waals surface area contributed by atoms with Crippen LogP contribution in [0.4, 0.5) is 11.4 Å². The van der Waals surface area contributed by atoms with Gasteiger partial charge in [-0.1, -0.05) is 18.2 Å². The molecule has 21 heavy (non-hydrogen) atoms. The Hall–Kier alpha value is -2.56. The summed E-state index contributed by atoms with van der Waals surface area (Å²) in [7, 11) is 1.64. The van der Waals surface area contributed by atoms with Gasteiger partial charge in [0.25, 0.3) is 5.69 Å². The molecule has 0 aliphatic rings. The number of benzene rings is 2. The van der Waals surface area contributed by atoms with Crippen molar-refractivity contribution in [3.63, 3.8) is 0 Å². The second-order valence-electron chi connectivity index (χ2n) is 4.94. The molecule has 0 amide bonds. The molecular formula is C16H18N2O3. The third-order valence-corrected chi connectivity index (χ3v) is 3.29. The van der Waals surface area contributed by atoms with Crippen molar-refractivity contribution in [2.45, 2.75) is 20.4 Å². The van der Waals surface area contributed by atoms with Gasteiger partial charge in [0.05, 0.1) is 12.0 Å². The number of aryl methyl sites for hydroxylation is 2. The maximum Gasteiger partial charge on any atom is 0.292 e. The van der Waals surface area contributed by atoms with Crippen LogP contribution in [0.2, 0.25) is 0 Å². The maximum absolute atomic E-state index is 11.0. The van der Waals surface area contributed by atoms with E-state index in [1.807, 2.05) is 32.0 Å². The number of rotatable bonds is 5. The number of anilines is 1. The fourth-order valence-corrected chi connectivity index (χ4v) is 2.20. The Morgan fingerprint density at radius 1 is 1.19 bits per heavy atom. The molecule has 0 bridgehead atoms. The quantitative estimate of drug-likeness (QED) is 0.670. The highest BCUT2D eigenvalue weighted by Gasteiger charge is 2.13. The normalized spacial score (nSPS) is 10.2. The van der Waals surface area contributed by atoms with Crippen molar-refractivity contribution in [1.29, 1.82) is 0 Å². The van der Waals surface area contributed by atoms with E-state index < -0.39 is 0 Å². The lowest BCUT2D eigenvalue weighted by molar-refractivity contribution is -0.384. The molecule has 2 rings (SSSR count). The Bertz CT molecular complexity index is 669. The number of nitro benzene ring substituents is 1. The van der Waals surface area contributed by atoms with E-state index in [2.05, 4.69) is 5.32 Å². The minimum Gasteiger partial charge on any atom is -0.496 e. The third kappa shape index (κ3) is 3.51. The van der Waals surface area contributed by atoms with E-state index in [1.54, 1.807) is 19.2 Å². The first kappa shape index (κ1) is 14.8. The molecule has 0 atom stereocenters. The van der Waals surface area contributed by atoms with Gasteiger partial charge in [0, 0.05) is 12.6 Å². The number of ether oxygens (including phenoxy) is 1. The van der Waals surface area contributed by atoms with Crippen LogP contribution in [0.5, 0.6) is 5.75 Å². The molecule has 110 valence electrons. The molecule has 0 aromatic heterocycles. The summed E-state index contributed by atoms with van der Waals surface area (Å²) >= 11 is 0. The van der Waals surface area contributed by atoms with E-state index in [1.165, 1.54) is 6.07 Å². The number of hydrogen-bond donors (Lipinski definition) is 1. The highest BCUT2D eigenvalue weighted by Crippen LogP contribution is 2.26. The summed E-state index contributed by atoms with van der Waals surface area (Å²) in [6.07, 6.45) is 0. The third-order valence-electron chi connectivity index (χ3n) is 3.29. The molecule has 0 aliphatic carbocycles. The number of nitrogens with zero attached hydrogens (tertiary/aromatic N) is 1. The fourth-order valence-electron chi connectivity index (χ4n) is 2.20. The van der Waals surface area contributed by atoms with Crippen LogP contribution in [0, 0.1) is 24.0 Å². The highest BCUT2D eigenvalue weighted by atomic mass is 16.6. The average Bonchev–Trinajstić information content (AvgIpc) is 2.45. The van der Waals surface area contributed by atoms with Crippen LogP contribution in [0.15, 0.2) is 36.4 Å². The van der Waals surface area contributed by atoms with Gasteiger partial charge in [-0.15, -0.1) is 0 Å². The fraction of sp³-hybridized carbons (Fsp3) is 0.250. The van der Waals surface area contributed by atoms with E-state index in [0.717, 1.165) is 22.4 Å². The Kier molecular flexibility index (Phi) is 4.42. The van der Waals surface area contributed by atoms with Crippen molar-refractivity contribution < 1.29 is 9.66 Å². The van der Waals surface area contributed by atoms with E-state index in [4.69, 9.17) is 4.74 Å². The number of nitro groups is 1. The van der Waals surface area contributed by atoms with E-state index >= 15 is 0 Å². The predicted octanol–water partition coefficient (Wildman–Crippen LogP) is 3.83. The zero-order chi connectivity index (χ0) is 15.4. The first-order valence-corrected chi connectivity index (χ1v) is 6.63. The van der Waals surface area contributed by atoms with Gasteiger partial charge < -0.3 is 10.1 Å². The van der Waals surface area contributed by atoms with E-state index in [-0.39, 0.29) is 10.6 Å². The Balaban J connectivity index is 2.18. The molecule has 0 saturated carbocycles. The molecule has 5 nitrogen and oxygen atoms in total. The predicted molar refractivity (Wildman–Crippen MR) is 82.9 cm³/mol. The first-order valence-electron chi connectivity index (χ1n) is 6.63. The SMILES string of the molecule is COc1ccc(CNc2cc(C)ccc2[N+](=O)[O-])cc1C. The van der Waals surface area contributed by atoms with Crippen LogP contribution in [0.1, 0.15) is 16.7 Å². The summed E-state index contributed by atoms with van der Waals surface area (Å²) in [5.41, 5.74) is 3.69. The Morgan fingerprint density at radius 2 is 1.95 bits per heavy atom. The van der Waals surface area contributed by atoms with Gasteiger partial charge >= 0.3 is 0 Å². The monoisotopic (exact) mass is 286 g/mol. The molecule has 0 saturated heterocycles. The van der Waals surface area contributed by atoms with Gasteiger partial charge in [0.1, 0.15) is 11.4 Å². The van der Waals surface area contributed by atoms with Gasteiger partial charge in [-0.3, -0.25) is 10.1 Å². The molecule has 2 aromatic carbocycles. The lowest BCUT2D eigenvalue weighted by Gasteiger charge is -2.10. The molecule has 1 N–H and O–H groups in total. The second kappa shape index (κ2) is 6.26. The maximum atomic E-state index is 11.0. The number of hydrogen-bond acceptors (Lipinski definition) is 4. The number of nitrogens with one attached hydrogen (secondary N) is 1. The van der Waals surface area contributed by atoms with Crippen LogP contribution < -0.4 is 10.1 Å². The molecule has 0 spiro atoms. The summed E-state index contributed by atoms with van der Waals surface area (Å²) < 4.78 is 5.22. The van der Waals surface area contributed by atoms with Crippen molar-refractivity contribution >= 4 is 11.4 Å². The van der Waals surface area contributed by atoms with Gasteiger partial charge in [0.2, 0.25) is 0 Å². The molecule has 5 heteroatoms. The Morgan fingerprint density at radius 3 is 2.57 bits per heavy atom. The lowest BCUT2D eigenvalue weighted by Crippen LogP contribution is -2.03. The van der Waals surface area contributed by atoms with E-state index in [0.29, 0.717) is 12.2 Å². The van der Waals surface area contributed by atoms with Crippen molar-refractivity contribution in [3.05, 3.63) is 63.2 Å². The zero-order valence-corrected chi connectivity index (χ0v) is 12.3. The molecule has 0 unspecified atom stereocenters. The highest BCUT2D eigenvalue weighted by molar-refractivity contribution is 5.62. The van der Waals surface area contributed by atoms with Crippen LogP contribution >= 0.6 is 0 Å². The Labute approximate surface area is 123 Å². The lowest BCUT2D eigenvalue weighted by atomic mass is 10.1. The summed E-state index contributed by atoms with van der Waals surface area (Å²) in [6.45, 7) is 4.40. The summed E-state index contributed by atoms with van der Waals surface area (Å²) in [5.74, 6) is 0.834. The molecule has 2 aromatic rings. The van der Waals surface area contributed by atoms with Crippen LogP contribution in [-0.2, 0) is 6.54 Å². The zero-order valence-electron chi connectivity index (χ0n) is 12.3. The molecule has 0 radical (unpaired) electrons. The summed E-state index contributed by atoms with van der Waals surface area (Å²) in [4.78, 5) is 10.7. The van der Waals surface area contributed by atoms with Gasteiger partial charge in [-0.05, 0) is 42.7 Å². The molecule has 0 heterocycles. The largest absolute Gasteiger partial charge is 0.496 e. The second-order valence-corrected chi connectivity index (χ2v) is 4.94. The van der Waals surface area contributed by atoms with Crippen molar-refractivity contribution in [2.24, 2.45) is 0 Å². The van der Waals surface area contributed by atoms with Crippen LogP contribution in [0.3, 0.4) is 0 Å². The smallest absolute Gasteiger partial charge is 0.292 e. The van der Waals surface area contributed by atoms with Crippen LogP contribution in [-0.4, -0.2) is 12.0 Å². The van der Waals surface area contributed by atoms with Crippen molar-refractivity contribution in [2.75, 3.05) is 12.4 Å². The van der Waals surface area contributed by atoms with Gasteiger partial charge in [-0.2, -0.15) is 0 Å². The molecule has 0 fully saturated rings. The molecule has 0 aliphatic heterocycles. The average molecular weight is 286 g/mol. The van der Waals surface area contributed by atoms with Crippen molar-refractivity contribution in [3.8, 4) is 5.75 Å². The summed E-state index contributed by atoms with van der Waals surface area (Å²) in [5, 5.41) is 14.2. The van der Waals surface area contributed by atoms with Gasteiger partial charge in [-0.25, -0.2) is 0 Å². The molecular weight excluding hydrogens is 268 g/mol. The standard InChI is InChI=1S/C16H18N2O3/c1-11-4-6-15(18(19)20)14(8-11)17-10-13-5-7-16(21-3)12(2)9-13/h4-9,17H,10H2,1-3H3. The van der Waals surface area contributed by atoms with Crippen molar-refractivity contribution in [1.82, 2.24) is 0 Å². The first-order chi connectivity index (χ1) is 10.0. The van der Waals surface area contributed by atoms with Gasteiger partial charge in [0.15, 0.2) is 0 Å². The minimum absolute atomic E-state index is 0.0887. The summed E-state index contributed by atoms with van der Waals surface area (Å²) in [6, 6.07) is 10.9. The van der Waals surface area contributed by atoms with E-state index in [9.17, 15) is 10.1 Å². The number of methoxy groups -OCH3 is 1. The topological polar surface area (TPSA) is 64.4 Å². The minimum atomic E-state index is -0.374.